The molecule has 1 aromatic carbocycles. The lowest BCUT2D eigenvalue weighted by atomic mass is 9.61. The second kappa shape index (κ2) is 7.24. The van der Waals surface area contributed by atoms with E-state index in [1.54, 1.807) is 0 Å². The molecule has 33 heavy (non-hydrogen) atoms. The number of carbonyl (C=O) groups is 1. The van der Waals surface area contributed by atoms with E-state index in [0.29, 0.717) is 37.1 Å². The van der Waals surface area contributed by atoms with Crippen LogP contribution >= 0.6 is 0 Å². The monoisotopic (exact) mass is 471 g/mol. The number of fused-ring (bicyclic) bond motifs is 1. The zero-order chi connectivity index (χ0) is 23.0. The number of rotatable bonds is 4. The second-order valence-corrected chi connectivity index (χ2v) is 11.9. The number of sulfonamides is 1. The average Bonchev–Trinajstić information content (AvgIpc) is 3.57. The fraction of sp³-hybridized carbons (Fsp3) is 0.500. The quantitative estimate of drug-likeness (QED) is 0.684. The first-order valence-electron chi connectivity index (χ1n) is 11.5. The summed E-state index contributed by atoms with van der Waals surface area (Å²) in [5.41, 5.74) is 1.35. The summed E-state index contributed by atoms with van der Waals surface area (Å²) in [5, 5.41) is 0. The van der Waals surface area contributed by atoms with Crippen LogP contribution in [0, 0.1) is 11.2 Å². The number of aromatic nitrogens is 1. The van der Waals surface area contributed by atoms with Crippen LogP contribution < -0.4 is 4.74 Å². The number of benzene rings is 1. The Bertz CT molecular complexity index is 1230. The lowest BCUT2D eigenvalue weighted by Crippen LogP contribution is -2.68. The van der Waals surface area contributed by atoms with E-state index in [1.165, 1.54) is 22.5 Å². The lowest BCUT2D eigenvalue weighted by Gasteiger charge is -2.60. The van der Waals surface area contributed by atoms with Gasteiger partial charge in [-0.3, -0.25) is 4.79 Å². The highest BCUT2D eigenvalue weighted by Crippen LogP contribution is 2.52. The smallest absolute Gasteiger partial charge is 0.259 e. The van der Waals surface area contributed by atoms with Crippen LogP contribution in [-0.4, -0.2) is 60.3 Å². The molecule has 1 saturated heterocycles. The van der Waals surface area contributed by atoms with Crippen molar-refractivity contribution < 1.29 is 22.3 Å². The summed E-state index contributed by atoms with van der Waals surface area (Å²) in [6.45, 7) is 3.08. The first-order valence-corrected chi connectivity index (χ1v) is 12.9. The van der Waals surface area contributed by atoms with Crippen LogP contribution in [0.1, 0.15) is 54.6 Å². The fourth-order valence-electron chi connectivity index (χ4n) is 5.54. The Kier molecular flexibility index (Phi) is 4.61. The highest BCUT2D eigenvalue weighted by molar-refractivity contribution is 7.89. The Balaban J connectivity index is 1.15. The first kappa shape index (κ1) is 21.0. The minimum atomic E-state index is -3.85. The SMILES string of the molecule is C[C@@H]1COc2nc(C3CC3)ccc2C(=O)N1C1CC2(C1)CN(S(=O)(=O)c1ccccc1F)C2. The predicted octanol–water partition coefficient (Wildman–Crippen LogP) is 3.17. The van der Waals surface area contributed by atoms with E-state index in [2.05, 4.69) is 4.98 Å². The van der Waals surface area contributed by atoms with Gasteiger partial charge in [-0.15, -0.1) is 0 Å². The molecule has 2 aliphatic carbocycles. The van der Waals surface area contributed by atoms with E-state index in [1.807, 2.05) is 24.0 Å². The van der Waals surface area contributed by atoms with Gasteiger partial charge in [0.05, 0.1) is 6.04 Å². The summed E-state index contributed by atoms with van der Waals surface area (Å²) in [7, 11) is -3.85. The number of amides is 1. The van der Waals surface area contributed by atoms with Crippen molar-refractivity contribution in [2.75, 3.05) is 19.7 Å². The minimum absolute atomic E-state index is 0.0310. The van der Waals surface area contributed by atoms with Crippen LogP contribution in [0.2, 0.25) is 0 Å². The van der Waals surface area contributed by atoms with Gasteiger partial charge in [-0.25, -0.2) is 17.8 Å². The Morgan fingerprint density at radius 1 is 1.12 bits per heavy atom. The van der Waals surface area contributed by atoms with Crippen LogP contribution in [0.3, 0.4) is 0 Å². The van der Waals surface area contributed by atoms with Crippen molar-refractivity contribution in [2.45, 2.75) is 55.5 Å². The predicted molar refractivity (Wildman–Crippen MR) is 118 cm³/mol. The third-order valence-electron chi connectivity index (χ3n) is 7.49. The molecule has 3 heterocycles. The summed E-state index contributed by atoms with van der Waals surface area (Å²) in [4.78, 5) is 19.6. The molecule has 2 aliphatic heterocycles. The number of pyridine rings is 1. The van der Waals surface area contributed by atoms with E-state index < -0.39 is 15.8 Å². The van der Waals surface area contributed by atoms with Gasteiger partial charge in [0, 0.05) is 36.2 Å². The number of hydrogen-bond acceptors (Lipinski definition) is 5. The van der Waals surface area contributed by atoms with Gasteiger partial charge in [-0.05, 0) is 56.9 Å². The normalized spacial score (nSPS) is 25.1. The minimum Gasteiger partial charge on any atom is -0.475 e. The van der Waals surface area contributed by atoms with Gasteiger partial charge in [-0.1, -0.05) is 12.1 Å². The highest BCUT2D eigenvalue weighted by Gasteiger charge is 2.58. The first-order chi connectivity index (χ1) is 15.8. The van der Waals surface area contributed by atoms with Gasteiger partial charge in [0.1, 0.15) is 22.9 Å². The zero-order valence-corrected chi connectivity index (χ0v) is 19.2. The molecule has 0 unspecified atom stereocenters. The summed E-state index contributed by atoms with van der Waals surface area (Å²) in [6.07, 6.45) is 3.73. The molecule has 174 valence electrons. The molecule has 0 bridgehead atoms. The molecule has 0 N–H and O–H groups in total. The summed E-state index contributed by atoms with van der Waals surface area (Å²) in [6, 6.07) is 9.18. The third-order valence-corrected chi connectivity index (χ3v) is 9.31. The van der Waals surface area contributed by atoms with Gasteiger partial charge < -0.3 is 9.64 Å². The molecule has 4 aliphatic rings. The summed E-state index contributed by atoms with van der Waals surface area (Å²) >= 11 is 0. The van der Waals surface area contributed by atoms with Gasteiger partial charge in [0.2, 0.25) is 15.9 Å². The maximum Gasteiger partial charge on any atom is 0.259 e. The number of ether oxygens (including phenoxy) is 1. The molecule has 1 amide bonds. The van der Waals surface area contributed by atoms with Crippen molar-refractivity contribution in [3.8, 4) is 5.88 Å². The Hall–Kier alpha value is -2.52. The van der Waals surface area contributed by atoms with Crippen molar-refractivity contribution >= 4 is 15.9 Å². The number of hydrogen-bond donors (Lipinski definition) is 0. The standard InChI is InChI=1S/C24H26FN3O4S/c1-15-12-32-22-18(8-9-20(26-22)16-6-7-16)23(29)28(15)17-10-24(11-17)13-27(14-24)33(30,31)21-5-3-2-4-19(21)25/h2-5,8-9,15-17H,6-7,10-14H2,1H3/t15-/m1/s1. The van der Waals surface area contributed by atoms with E-state index >= 15 is 0 Å². The van der Waals surface area contributed by atoms with Crippen LogP contribution in [0.4, 0.5) is 4.39 Å². The number of halogens is 1. The fourth-order valence-corrected chi connectivity index (χ4v) is 7.27. The van der Waals surface area contributed by atoms with E-state index in [4.69, 9.17) is 4.74 Å². The highest BCUT2D eigenvalue weighted by atomic mass is 32.2. The van der Waals surface area contributed by atoms with Gasteiger partial charge in [0.15, 0.2) is 0 Å². The summed E-state index contributed by atoms with van der Waals surface area (Å²) < 4.78 is 46.9. The Labute approximate surface area is 192 Å². The summed E-state index contributed by atoms with van der Waals surface area (Å²) in [5.74, 6) is 0.115. The van der Waals surface area contributed by atoms with Crippen LogP contribution in [-0.2, 0) is 10.0 Å². The van der Waals surface area contributed by atoms with Crippen LogP contribution in [0.15, 0.2) is 41.3 Å². The van der Waals surface area contributed by atoms with Gasteiger partial charge in [-0.2, -0.15) is 4.31 Å². The average molecular weight is 472 g/mol. The number of nitrogens with zero attached hydrogens (tertiary/aromatic N) is 3. The molecular formula is C24H26FN3O4S. The molecule has 9 heteroatoms. The van der Waals surface area contributed by atoms with E-state index in [-0.39, 0.29) is 28.3 Å². The van der Waals surface area contributed by atoms with Gasteiger partial charge in [0.25, 0.3) is 5.91 Å². The van der Waals surface area contributed by atoms with Crippen molar-refractivity contribution in [3.63, 3.8) is 0 Å². The maximum absolute atomic E-state index is 14.1. The lowest BCUT2D eigenvalue weighted by molar-refractivity contribution is -0.0756. The van der Waals surface area contributed by atoms with Crippen molar-refractivity contribution in [1.29, 1.82) is 0 Å². The molecule has 7 nitrogen and oxygen atoms in total. The van der Waals surface area contributed by atoms with E-state index in [0.717, 1.165) is 37.4 Å². The zero-order valence-electron chi connectivity index (χ0n) is 18.4. The molecular weight excluding hydrogens is 445 g/mol. The van der Waals surface area contributed by atoms with E-state index in [9.17, 15) is 17.6 Å². The molecule has 0 radical (unpaired) electrons. The molecule has 1 aromatic heterocycles. The third kappa shape index (κ3) is 3.35. The van der Waals surface area contributed by atoms with Gasteiger partial charge >= 0.3 is 0 Å². The van der Waals surface area contributed by atoms with Crippen LogP contribution in [0.25, 0.3) is 0 Å². The molecule has 2 saturated carbocycles. The molecule has 6 rings (SSSR count). The topological polar surface area (TPSA) is 79.8 Å². The Morgan fingerprint density at radius 3 is 2.55 bits per heavy atom. The molecule has 1 spiro atoms. The number of carbonyl (C=O) groups excluding carboxylic acids is 1. The van der Waals surface area contributed by atoms with Crippen molar-refractivity contribution in [3.05, 3.63) is 53.5 Å². The molecule has 1 atom stereocenters. The van der Waals surface area contributed by atoms with Crippen molar-refractivity contribution in [1.82, 2.24) is 14.2 Å². The molecule has 2 aromatic rings. The largest absolute Gasteiger partial charge is 0.475 e. The van der Waals surface area contributed by atoms with Crippen molar-refractivity contribution in [2.24, 2.45) is 5.41 Å². The van der Waals surface area contributed by atoms with Crippen LogP contribution in [0.5, 0.6) is 5.88 Å². The Morgan fingerprint density at radius 2 is 1.85 bits per heavy atom. The molecule has 3 fully saturated rings. The maximum atomic E-state index is 14.1. The second-order valence-electron chi connectivity index (χ2n) is 10.0.